The number of rotatable bonds is 5. The van der Waals surface area contributed by atoms with Crippen molar-refractivity contribution in [2.24, 2.45) is 5.10 Å². The van der Waals surface area contributed by atoms with Crippen molar-refractivity contribution >= 4 is 34.2 Å². The number of hydrogen-bond acceptors (Lipinski definition) is 5. The summed E-state index contributed by atoms with van der Waals surface area (Å²) in [6.45, 7) is 7.90. The van der Waals surface area contributed by atoms with Gasteiger partial charge in [0, 0.05) is 34.2 Å². The number of hydrogen-bond donors (Lipinski definition) is 2. The number of hydrazone groups is 1. The molecule has 2 amide bonds. The first-order valence-corrected chi connectivity index (χ1v) is 12.1. The molecule has 2 N–H and O–H groups in total. The SMILES string of the molecule is Cc1ccc(NC(=O)c2oc3c(c2C)/C(=N/NC(=O)Cc2coc4c(C)c(C)ccc24)CCC3)cc1. The molecule has 2 aromatic carbocycles. The lowest BCUT2D eigenvalue weighted by Crippen LogP contribution is -2.23. The number of fused-ring (bicyclic) bond motifs is 2. The minimum Gasteiger partial charge on any atom is -0.464 e. The predicted octanol–water partition coefficient (Wildman–Crippen LogP) is 5.91. The highest BCUT2D eigenvalue weighted by Gasteiger charge is 2.28. The lowest BCUT2D eigenvalue weighted by atomic mass is 9.93. The van der Waals surface area contributed by atoms with Crippen molar-refractivity contribution in [2.45, 2.75) is 53.4 Å². The van der Waals surface area contributed by atoms with Gasteiger partial charge in [0.25, 0.3) is 5.91 Å². The van der Waals surface area contributed by atoms with Crippen LogP contribution in [-0.2, 0) is 17.6 Å². The van der Waals surface area contributed by atoms with E-state index in [1.807, 2.05) is 64.1 Å². The van der Waals surface area contributed by atoms with E-state index in [1.54, 1.807) is 6.26 Å². The first kappa shape index (κ1) is 23.6. The number of anilines is 1. The zero-order valence-electron chi connectivity index (χ0n) is 21.0. The molecule has 0 saturated carbocycles. The van der Waals surface area contributed by atoms with Gasteiger partial charge in [0.05, 0.1) is 18.4 Å². The van der Waals surface area contributed by atoms with Gasteiger partial charge in [-0.1, -0.05) is 29.8 Å². The van der Waals surface area contributed by atoms with Crippen molar-refractivity contribution in [3.05, 3.63) is 87.6 Å². The van der Waals surface area contributed by atoms with Crippen LogP contribution in [-0.4, -0.2) is 17.5 Å². The Kier molecular flexibility index (Phi) is 6.22. The standard InChI is InChI=1S/C29H29N3O4/c1-16-8-11-21(12-9-16)30-29(34)28-19(4)26-23(6-5-7-24(26)36-28)31-32-25(33)14-20-15-35-27-18(3)17(2)10-13-22(20)27/h8-13,15H,5-7,14H2,1-4H3,(H,30,34)(H,32,33)/b31-23+. The maximum absolute atomic E-state index is 12.9. The van der Waals surface area contributed by atoms with E-state index in [0.717, 1.165) is 68.7 Å². The summed E-state index contributed by atoms with van der Waals surface area (Å²) in [7, 11) is 0. The van der Waals surface area contributed by atoms with Crippen molar-refractivity contribution in [2.75, 3.05) is 5.32 Å². The first-order valence-electron chi connectivity index (χ1n) is 12.1. The van der Waals surface area contributed by atoms with E-state index >= 15 is 0 Å². The van der Waals surface area contributed by atoms with Gasteiger partial charge < -0.3 is 14.2 Å². The number of furan rings is 2. The highest BCUT2D eigenvalue weighted by Crippen LogP contribution is 2.31. The normalized spacial score (nSPS) is 14.2. The van der Waals surface area contributed by atoms with E-state index in [4.69, 9.17) is 8.83 Å². The molecule has 0 atom stereocenters. The number of benzene rings is 2. The molecule has 0 fully saturated rings. The number of aryl methyl sites for hydroxylation is 4. The van der Waals surface area contributed by atoms with Crippen molar-refractivity contribution in [3.8, 4) is 0 Å². The van der Waals surface area contributed by atoms with Crippen LogP contribution >= 0.6 is 0 Å². The zero-order chi connectivity index (χ0) is 25.4. The highest BCUT2D eigenvalue weighted by atomic mass is 16.4. The molecule has 2 aromatic heterocycles. The molecule has 0 radical (unpaired) electrons. The van der Waals surface area contributed by atoms with Gasteiger partial charge in [-0.2, -0.15) is 5.10 Å². The second-order valence-corrected chi connectivity index (χ2v) is 9.44. The molecule has 4 aromatic rings. The van der Waals surface area contributed by atoms with Crippen LogP contribution in [0.25, 0.3) is 11.0 Å². The Hall–Kier alpha value is -4.13. The summed E-state index contributed by atoms with van der Waals surface area (Å²) >= 11 is 0. The Bertz CT molecular complexity index is 1510. The Morgan fingerprint density at radius 2 is 1.75 bits per heavy atom. The molecule has 0 bridgehead atoms. The van der Waals surface area contributed by atoms with E-state index in [2.05, 4.69) is 15.8 Å². The van der Waals surface area contributed by atoms with Crippen LogP contribution in [0.1, 0.15) is 62.5 Å². The summed E-state index contributed by atoms with van der Waals surface area (Å²) in [5.41, 5.74) is 10.7. The molecule has 2 heterocycles. The van der Waals surface area contributed by atoms with E-state index < -0.39 is 0 Å². The molecule has 0 unspecified atom stereocenters. The minimum atomic E-state index is -0.300. The number of nitrogens with one attached hydrogen (secondary N) is 2. The predicted molar refractivity (Wildman–Crippen MR) is 140 cm³/mol. The van der Waals surface area contributed by atoms with Gasteiger partial charge in [-0.3, -0.25) is 9.59 Å². The summed E-state index contributed by atoms with van der Waals surface area (Å²) in [5.74, 6) is 0.477. The van der Waals surface area contributed by atoms with Gasteiger partial charge >= 0.3 is 0 Å². The monoisotopic (exact) mass is 483 g/mol. The van der Waals surface area contributed by atoms with Gasteiger partial charge in [0.15, 0.2) is 5.76 Å². The van der Waals surface area contributed by atoms with Crippen LogP contribution in [0.15, 0.2) is 56.6 Å². The molecule has 5 rings (SSSR count). The van der Waals surface area contributed by atoms with Gasteiger partial charge in [-0.05, 0) is 63.8 Å². The summed E-state index contributed by atoms with van der Waals surface area (Å²) < 4.78 is 11.7. The van der Waals surface area contributed by atoms with Gasteiger partial charge in [-0.25, -0.2) is 5.43 Å². The molecule has 184 valence electrons. The van der Waals surface area contributed by atoms with Gasteiger partial charge in [0.2, 0.25) is 5.91 Å². The van der Waals surface area contributed by atoms with Crippen molar-refractivity contribution < 1.29 is 18.4 Å². The molecular formula is C29H29N3O4. The third-order valence-corrected chi connectivity index (χ3v) is 6.85. The maximum Gasteiger partial charge on any atom is 0.291 e. The summed E-state index contributed by atoms with van der Waals surface area (Å²) in [6.07, 6.45) is 4.05. The van der Waals surface area contributed by atoms with E-state index in [9.17, 15) is 9.59 Å². The van der Waals surface area contributed by atoms with Gasteiger partial charge in [0.1, 0.15) is 11.3 Å². The second-order valence-electron chi connectivity index (χ2n) is 9.44. The molecule has 0 spiro atoms. The number of carbonyl (C=O) groups excluding carboxylic acids is 2. The lowest BCUT2D eigenvalue weighted by Gasteiger charge is -2.13. The summed E-state index contributed by atoms with van der Waals surface area (Å²) in [6, 6.07) is 11.6. The van der Waals surface area contributed by atoms with Crippen LogP contribution in [0.4, 0.5) is 5.69 Å². The highest BCUT2D eigenvalue weighted by molar-refractivity contribution is 6.09. The van der Waals surface area contributed by atoms with Crippen LogP contribution in [0, 0.1) is 27.7 Å². The molecule has 7 heteroatoms. The third kappa shape index (κ3) is 4.44. The maximum atomic E-state index is 12.9. The van der Waals surface area contributed by atoms with Crippen molar-refractivity contribution in [1.29, 1.82) is 0 Å². The van der Waals surface area contributed by atoms with Crippen LogP contribution in [0.5, 0.6) is 0 Å². The molecular weight excluding hydrogens is 454 g/mol. The number of amides is 2. The lowest BCUT2D eigenvalue weighted by molar-refractivity contribution is -0.120. The molecule has 0 aliphatic heterocycles. The Morgan fingerprint density at radius 1 is 0.972 bits per heavy atom. The van der Waals surface area contributed by atoms with Crippen LogP contribution in [0.3, 0.4) is 0 Å². The molecule has 0 saturated heterocycles. The first-order chi connectivity index (χ1) is 17.3. The Morgan fingerprint density at radius 3 is 2.53 bits per heavy atom. The van der Waals surface area contributed by atoms with Crippen molar-refractivity contribution in [3.63, 3.8) is 0 Å². The van der Waals surface area contributed by atoms with E-state index in [-0.39, 0.29) is 24.0 Å². The fourth-order valence-electron chi connectivity index (χ4n) is 4.69. The smallest absolute Gasteiger partial charge is 0.291 e. The largest absolute Gasteiger partial charge is 0.464 e. The fraction of sp³-hybridized carbons (Fsp3) is 0.276. The fourth-order valence-corrected chi connectivity index (χ4v) is 4.69. The Balaban J connectivity index is 1.33. The molecule has 36 heavy (non-hydrogen) atoms. The molecule has 1 aliphatic rings. The van der Waals surface area contributed by atoms with Crippen LogP contribution < -0.4 is 10.7 Å². The average Bonchev–Trinajstić information content (AvgIpc) is 3.43. The zero-order valence-corrected chi connectivity index (χ0v) is 21.0. The third-order valence-electron chi connectivity index (χ3n) is 6.85. The number of nitrogens with zero attached hydrogens (tertiary/aromatic N) is 1. The van der Waals surface area contributed by atoms with Crippen LogP contribution in [0.2, 0.25) is 0 Å². The Labute approximate surface area is 209 Å². The van der Waals surface area contributed by atoms with E-state index in [0.29, 0.717) is 12.1 Å². The quantitative estimate of drug-likeness (QED) is 0.345. The molecule has 1 aliphatic carbocycles. The van der Waals surface area contributed by atoms with Gasteiger partial charge in [-0.15, -0.1) is 0 Å². The minimum absolute atomic E-state index is 0.160. The summed E-state index contributed by atoms with van der Waals surface area (Å²) in [5, 5.41) is 8.28. The van der Waals surface area contributed by atoms with Crippen molar-refractivity contribution in [1.82, 2.24) is 5.43 Å². The number of carbonyl (C=O) groups is 2. The second kappa shape index (κ2) is 9.49. The topological polar surface area (TPSA) is 96.8 Å². The summed E-state index contributed by atoms with van der Waals surface area (Å²) in [4.78, 5) is 25.7. The van der Waals surface area contributed by atoms with E-state index in [1.165, 1.54) is 0 Å². The average molecular weight is 484 g/mol. The molecule has 7 nitrogen and oxygen atoms in total.